The van der Waals surface area contributed by atoms with Crippen molar-refractivity contribution in [3.8, 4) is 6.07 Å². The normalized spacial score (nSPS) is 10.3. The van der Waals surface area contributed by atoms with Crippen LogP contribution in [0, 0.1) is 11.3 Å². The van der Waals surface area contributed by atoms with E-state index in [-0.39, 0.29) is 6.61 Å². The van der Waals surface area contributed by atoms with E-state index < -0.39 is 0 Å². The fourth-order valence-corrected chi connectivity index (χ4v) is 1.55. The summed E-state index contributed by atoms with van der Waals surface area (Å²) in [5, 5.41) is 18.5. The molecule has 0 spiro atoms. The predicted octanol–water partition coefficient (Wildman–Crippen LogP) is 1.57. The van der Waals surface area contributed by atoms with Gasteiger partial charge in [-0.3, -0.25) is 0 Å². The highest BCUT2D eigenvalue weighted by molar-refractivity contribution is 5.86. The number of aromatic nitrogens is 1. The van der Waals surface area contributed by atoms with Crippen molar-refractivity contribution in [2.24, 2.45) is 0 Å². The zero-order chi connectivity index (χ0) is 9.97. The van der Waals surface area contributed by atoms with E-state index in [9.17, 15) is 0 Å². The first kappa shape index (κ1) is 8.79. The van der Waals surface area contributed by atoms with Gasteiger partial charge >= 0.3 is 0 Å². The minimum absolute atomic E-state index is 0.150. The Morgan fingerprint density at radius 1 is 1.43 bits per heavy atom. The first-order valence-corrected chi connectivity index (χ1v) is 4.46. The van der Waals surface area contributed by atoms with Crippen LogP contribution in [0.1, 0.15) is 11.1 Å². The molecule has 0 aliphatic carbocycles. The summed E-state index contributed by atoms with van der Waals surface area (Å²) in [7, 11) is 0. The van der Waals surface area contributed by atoms with Crippen molar-refractivity contribution >= 4 is 10.9 Å². The zero-order valence-corrected chi connectivity index (χ0v) is 7.62. The molecule has 0 unspecified atom stereocenters. The van der Waals surface area contributed by atoms with Crippen molar-refractivity contribution in [1.82, 2.24) is 4.98 Å². The molecule has 2 N–H and O–H groups in total. The Labute approximate surface area is 81.6 Å². The van der Waals surface area contributed by atoms with Gasteiger partial charge in [0.1, 0.15) is 6.07 Å². The van der Waals surface area contributed by atoms with Crippen LogP contribution in [0.15, 0.2) is 24.4 Å². The molecule has 0 amide bonds. The Bertz CT molecular complexity index is 493. The molecular formula is C11H10N2O. The van der Waals surface area contributed by atoms with Crippen LogP contribution >= 0.6 is 0 Å². The maximum absolute atomic E-state index is 8.79. The predicted molar refractivity (Wildman–Crippen MR) is 53.8 cm³/mol. The van der Waals surface area contributed by atoms with E-state index in [0.29, 0.717) is 12.0 Å². The van der Waals surface area contributed by atoms with Gasteiger partial charge in [-0.1, -0.05) is 12.1 Å². The third-order valence-electron chi connectivity index (χ3n) is 2.27. The van der Waals surface area contributed by atoms with Gasteiger partial charge in [0, 0.05) is 23.7 Å². The van der Waals surface area contributed by atoms with Crippen molar-refractivity contribution in [2.45, 2.75) is 6.42 Å². The Morgan fingerprint density at radius 2 is 2.29 bits per heavy atom. The highest BCUT2D eigenvalue weighted by Gasteiger charge is 2.02. The first-order chi connectivity index (χ1) is 6.85. The average molecular weight is 186 g/mol. The molecule has 1 aromatic heterocycles. The van der Waals surface area contributed by atoms with Gasteiger partial charge in [0.2, 0.25) is 0 Å². The van der Waals surface area contributed by atoms with Crippen LogP contribution in [0.5, 0.6) is 0 Å². The molecule has 2 rings (SSSR count). The summed E-state index contributed by atoms with van der Waals surface area (Å²) < 4.78 is 0. The van der Waals surface area contributed by atoms with Gasteiger partial charge in [-0.25, -0.2) is 0 Å². The van der Waals surface area contributed by atoms with Gasteiger partial charge in [-0.15, -0.1) is 0 Å². The van der Waals surface area contributed by atoms with Gasteiger partial charge in [0.15, 0.2) is 0 Å². The molecule has 70 valence electrons. The van der Waals surface area contributed by atoms with Crippen molar-refractivity contribution in [3.05, 3.63) is 35.5 Å². The standard InChI is InChI=1S/C11H10N2O/c12-6-9-7-13-11-5-8(3-4-14)1-2-10(9)11/h1-2,5,7,13-14H,3-4H2. The molecule has 1 heterocycles. The van der Waals surface area contributed by atoms with Gasteiger partial charge < -0.3 is 10.1 Å². The van der Waals surface area contributed by atoms with Gasteiger partial charge in [0.25, 0.3) is 0 Å². The number of fused-ring (bicyclic) bond motifs is 1. The van der Waals surface area contributed by atoms with Gasteiger partial charge in [0.05, 0.1) is 5.56 Å². The van der Waals surface area contributed by atoms with E-state index in [0.717, 1.165) is 16.5 Å². The Morgan fingerprint density at radius 3 is 3.00 bits per heavy atom. The number of aromatic amines is 1. The molecule has 3 nitrogen and oxygen atoms in total. The number of aliphatic hydroxyl groups is 1. The summed E-state index contributed by atoms with van der Waals surface area (Å²) in [6.07, 6.45) is 2.35. The number of nitrogens with zero attached hydrogens (tertiary/aromatic N) is 1. The molecule has 1 aromatic carbocycles. The highest BCUT2D eigenvalue weighted by Crippen LogP contribution is 2.18. The summed E-state index contributed by atoms with van der Waals surface area (Å²) in [6, 6.07) is 7.94. The zero-order valence-electron chi connectivity index (χ0n) is 7.62. The summed E-state index contributed by atoms with van der Waals surface area (Å²) in [5.41, 5.74) is 2.69. The Kier molecular flexibility index (Phi) is 2.21. The van der Waals surface area contributed by atoms with Crippen LogP contribution in [0.3, 0.4) is 0 Å². The lowest BCUT2D eigenvalue weighted by Gasteiger charge is -1.97. The number of benzene rings is 1. The molecule has 0 radical (unpaired) electrons. The van der Waals surface area contributed by atoms with E-state index in [2.05, 4.69) is 11.1 Å². The van der Waals surface area contributed by atoms with Crippen molar-refractivity contribution in [2.75, 3.05) is 6.61 Å². The Balaban J connectivity index is 2.53. The summed E-state index contributed by atoms with van der Waals surface area (Å²) in [4.78, 5) is 3.03. The van der Waals surface area contributed by atoms with Gasteiger partial charge in [-0.2, -0.15) is 5.26 Å². The number of nitriles is 1. The largest absolute Gasteiger partial charge is 0.396 e. The van der Waals surface area contributed by atoms with Crippen LogP contribution in [-0.2, 0) is 6.42 Å². The van der Waals surface area contributed by atoms with E-state index in [1.54, 1.807) is 6.20 Å². The average Bonchev–Trinajstić information content (AvgIpc) is 2.60. The maximum atomic E-state index is 8.79. The highest BCUT2D eigenvalue weighted by atomic mass is 16.2. The second-order valence-electron chi connectivity index (χ2n) is 3.17. The van der Waals surface area contributed by atoms with E-state index in [1.165, 1.54) is 0 Å². The van der Waals surface area contributed by atoms with E-state index in [4.69, 9.17) is 10.4 Å². The van der Waals surface area contributed by atoms with Crippen molar-refractivity contribution in [1.29, 1.82) is 5.26 Å². The summed E-state index contributed by atoms with van der Waals surface area (Å²) >= 11 is 0. The van der Waals surface area contributed by atoms with E-state index >= 15 is 0 Å². The molecule has 3 heteroatoms. The van der Waals surface area contributed by atoms with E-state index in [1.807, 2.05) is 18.2 Å². The smallest absolute Gasteiger partial charge is 0.101 e. The molecule has 0 aliphatic heterocycles. The number of rotatable bonds is 2. The van der Waals surface area contributed by atoms with Crippen LogP contribution in [0.4, 0.5) is 0 Å². The Hall–Kier alpha value is -1.79. The quantitative estimate of drug-likeness (QED) is 0.747. The second-order valence-corrected chi connectivity index (χ2v) is 3.17. The third kappa shape index (κ3) is 1.36. The molecule has 0 atom stereocenters. The van der Waals surface area contributed by atoms with Crippen molar-refractivity contribution < 1.29 is 5.11 Å². The first-order valence-electron chi connectivity index (χ1n) is 4.46. The topological polar surface area (TPSA) is 59.8 Å². The minimum Gasteiger partial charge on any atom is -0.396 e. The molecular weight excluding hydrogens is 176 g/mol. The fourth-order valence-electron chi connectivity index (χ4n) is 1.55. The van der Waals surface area contributed by atoms with Crippen LogP contribution < -0.4 is 0 Å². The summed E-state index contributed by atoms with van der Waals surface area (Å²) in [5.74, 6) is 0. The molecule has 0 bridgehead atoms. The lowest BCUT2D eigenvalue weighted by Crippen LogP contribution is -1.89. The SMILES string of the molecule is N#Cc1c[nH]c2cc(CCO)ccc12. The molecule has 2 aromatic rings. The molecule has 0 fully saturated rings. The second kappa shape index (κ2) is 3.52. The number of hydrogen-bond acceptors (Lipinski definition) is 2. The van der Waals surface area contributed by atoms with Crippen molar-refractivity contribution in [3.63, 3.8) is 0 Å². The lowest BCUT2D eigenvalue weighted by molar-refractivity contribution is 0.299. The van der Waals surface area contributed by atoms with Gasteiger partial charge in [-0.05, 0) is 18.1 Å². The molecule has 14 heavy (non-hydrogen) atoms. The lowest BCUT2D eigenvalue weighted by atomic mass is 10.1. The summed E-state index contributed by atoms with van der Waals surface area (Å²) in [6.45, 7) is 0.150. The third-order valence-corrected chi connectivity index (χ3v) is 2.27. The maximum Gasteiger partial charge on any atom is 0.101 e. The molecule has 0 aliphatic rings. The van der Waals surface area contributed by atoms with Crippen LogP contribution in [-0.4, -0.2) is 16.7 Å². The molecule has 0 saturated carbocycles. The van der Waals surface area contributed by atoms with Crippen LogP contribution in [0.25, 0.3) is 10.9 Å². The minimum atomic E-state index is 0.150. The van der Waals surface area contributed by atoms with Crippen LogP contribution in [0.2, 0.25) is 0 Å². The monoisotopic (exact) mass is 186 g/mol. The molecule has 0 saturated heterocycles. The number of nitrogens with one attached hydrogen (secondary N) is 1. The number of hydrogen-bond donors (Lipinski definition) is 2. The number of H-pyrrole nitrogens is 1. The fraction of sp³-hybridized carbons (Fsp3) is 0.182. The number of aliphatic hydroxyl groups excluding tert-OH is 1.